The first-order valence-corrected chi connectivity index (χ1v) is 20.0. The van der Waals surface area contributed by atoms with E-state index in [1.54, 1.807) is 0 Å². The molecule has 0 aromatic heterocycles. The van der Waals surface area contributed by atoms with E-state index in [0.717, 1.165) is 19.3 Å². The van der Waals surface area contributed by atoms with E-state index >= 15 is 0 Å². The lowest BCUT2D eigenvalue weighted by molar-refractivity contribution is -0.191. The molecule has 0 bridgehead atoms. The van der Waals surface area contributed by atoms with Gasteiger partial charge in [0, 0.05) is 0 Å². The van der Waals surface area contributed by atoms with Gasteiger partial charge in [0.15, 0.2) is 0 Å². The lowest BCUT2D eigenvalue weighted by Crippen LogP contribution is -2.62. The third-order valence-electron chi connectivity index (χ3n) is 12.6. The van der Waals surface area contributed by atoms with E-state index in [0.29, 0.717) is 24.7 Å². The molecule has 4 saturated carbocycles. The summed E-state index contributed by atoms with van der Waals surface area (Å²) in [5, 5.41) is 11.7. The van der Waals surface area contributed by atoms with Crippen LogP contribution in [0.5, 0.6) is 0 Å². The number of hydrogen-bond acceptors (Lipinski definition) is 10. The quantitative estimate of drug-likeness (QED) is 0.231. The summed E-state index contributed by atoms with van der Waals surface area (Å²) in [6.45, 7) is 15.2. The summed E-state index contributed by atoms with van der Waals surface area (Å²) in [5.74, 6) is -0.419. The van der Waals surface area contributed by atoms with Crippen LogP contribution in [0.15, 0.2) is 0 Å². The number of fused-ring (bicyclic) bond motifs is 5. The van der Waals surface area contributed by atoms with Gasteiger partial charge in [-0.3, -0.25) is 13.7 Å². The van der Waals surface area contributed by atoms with E-state index in [1.165, 1.54) is 0 Å². The average molecular weight is 705 g/mol. The van der Waals surface area contributed by atoms with Gasteiger partial charge in [0.2, 0.25) is 0 Å². The van der Waals surface area contributed by atoms with Crippen LogP contribution in [0.2, 0.25) is 0 Å². The van der Waals surface area contributed by atoms with Crippen LogP contribution in [-0.2, 0) is 43.7 Å². The molecular weight excluding hydrogens is 653 g/mol. The molecule has 0 radical (unpaired) electrons. The third-order valence-corrected chi connectivity index (χ3v) is 14.1. The predicted octanol–water partition coefficient (Wildman–Crippen LogP) is 4.50. The number of aliphatic hydroxyl groups excluding tert-OH is 1. The molecule has 0 aliphatic heterocycles. The maximum Gasteiger partial charge on any atom is 0.397 e. The molecule has 4 aliphatic carbocycles. The van der Waals surface area contributed by atoms with Crippen LogP contribution in [0, 0.1) is 57.7 Å². The molecule has 264 valence electrons. The topological polar surface area (TPSA) is 211 Å². The number of rotatable bonds is 10. The van der Waals surface area contributed by atoms with Crippen molar-refractivity contribution < 1.29 is 56.6 Å². The largest absolute Gasteiger partial charge is 0.397 e. The monoisotopic (exact) mass is 704 g/mol. The SMILES string of the molecule is CC(CC[C@@H](C)[C@H]1C[C@H](O)[C@H]2[C@@H]3C[C@H](OS(=O)(=O)O)[C@H]4C[C@H](OS(=O)(=O)O)[C@@H](OS(=O)(=O)O)C[C@]4(C)[C@H]3CC[C@@]21C)C(C)(C)C. The van der Waals surface area contributed by atoms with Crippen molar-refractivity contribution in [3.8, 4) is 0 Å². The fraction of sp³-hybridized carbons (Fsp3) is 1.00. The second kappa shape index (κ2) is 12.5. The van der Waals surface area contributed by atoms with Crippen LogP contribution in [-0.4, -0.2) is 68.4 Å². The smallest absolute Gasteiger partial charge is 0.393 e. The van der Waals surface area contributed by atoms with Gasteiger partial charge in [0.05, 0.1) is 12.2 Å². The minimum atomic E-state index is -5.10. The Labute approximate surface area is 269 Å². The molecule has 45 heavy (non-hydrogen) atoms. The van der Waals surface area contributed by atoms with Gasteiger partial charge in [-0.05, 0) is 103 Å². The Balaban J connectivity index is 1.70. The zero-order valence-corrected chi connectivity index (χ0v) is 29.6. The van der Waals surface area contributed by atoms with Gasteiger partial charge in [-0.15, -0.1) is 0 Å². The van der Waals surface area contributed by atoms with E-state index in [4.69, 9.17) is 12.5 Å². The first-order valence-electron chi connectivity index (χ1n) is 15.9. The summed E-state index contributed by atoms with van der Waals surface area (Å²) in [6, 6.07) is 0. The zero-order valence-electron chi connectivity index (χ0n) is 27.2. The lowest BCUT2D eigenvalue weighted by Gasteiger charge is -2.63. The van der Waals surface area contributed by atoms with Crippen LogP contribution < -0.4 is 0 Å². The molecular formula is C29H52O13S3. The van der Waals surface area contributed by atoms with Crippen LogP contribution in [0.3, 0.4) is 0 Å². The zero-order chi connectivity index (χ0) is 34.1. The Morgan fingerprint density at radius 2 is 1.29 bits per heavy atom. The molecule has 1 unspecified atom stereocenters. The number of hydrogen-bond donors (Lipinski definition) is 4. The molecule has 13 atom stereocenters. The highest BCUT2D eigenvalue weighted by molar-refractivity contribution is 7.81. The van der Waals surface area contributed by atoms with Gasteiger partial charge in [0.1, 0.15) is 12.2 Å². The molecule has 4 N–H and O–H groups in total. The molecule has 0 aromatic rings. The van der Waals surface area contributed by atoms with Crippen molar-refractivity contribution in [2.24, 2.45) is 57.7 Å². The van der Waals surface area contributed by atoms with E-state index in [-0.39, 0.29) is 53.8 Å². The van der Waals surface area contributed by atoms with Crippen LogP contribution in [0.25, 0.3) is 0 Å². The lowest BCUT2D eigenvalue weighted by atomic mass is 9.43. The molecule has 13 nitrogen and oxygen atoms in total. The highest BCUT2D eigenvalue weighted by atomic mass is 32.3. The van der Waals surface area contributed by atoms with Crippen LogP contribution in [0.4, 0.5) is 0 Å². The van der Waals surface area contributed by atoms with Crippen molar-refractivity contribution in [1.29, 1.82) is 0 Å². The summed E-state index contributed by atoms with van der Waals surface area (Å²) in [6.07, 6.45) is -1.24. The fourth-order valence-electron chi connectivity index (χ4n) is 10.2. The van der Waals surface area contributed by atoms with Crippen molar-refractivity contribution in [2.75, 3.05) is 0 Å². The second-order valence-electron chi connectivity index (χ2n) is 16.0. The summed E-state index contributed by atoms with van der Waals surface area (Å²) in [5.41, 5.74) is -1.04. The van der Waals surface area contributed by atoms with Crippen molar-refractivity contribution in [2.45, 2.75) is 124 Å². The van der Waals surface area contributed by atoms with Crippen molar-refractivity contribution >= 4 is 31.2 Å². The summed E-state index contributed by atoms with van der Waals surface area (Å²) in [7, 11) is -15.2. The third kappa shape index (κ3) is 8.07. The molecule has 16 heteroatoms. The Bertz CT molecular complexity index is 1410. The van der Waals surface area contributed by atoms with E-state index in [2.05, 4.69) is 41.5 Å². The maximum absolute atomic E-state index is 12.1. The Hall–Kier alpha value is -0.430. The summed E-state index contributed by atoms with van der Waals surface area (Å²) < 4.78 is 115. The van der Waals surface area contributed by atoms with E-state index < -0.39 is 66.9 Å². The van der Waals surface area contributed by atoms with E-state index in [9.17, 15) is 44.0 Å². The van der Waals surface area contributed by atoms with Gasteiger partial charge in [-0.2, -0.15) is 25.3 Å². The van der Waals surface area contributed by atoms with Crippen molar-refractivity contribution in [3.63, 3.8) is 0 Å². The first-order chi connectivity index (χ1) is 20.3. The van der Waals surface area contributed by atoms with Gasteiger partial charge < -0.3 is 5.11 Å². The fourth-order valence-corrected chi connectivity index (χ4v) is 11.7. The van der Waals surface area contributed by atoms with Gasteiger partial charge in [-0.25, -0.2) is 12.5 Å². The van der Waals surface area contributed by atoms with Crippen LogP contribution >= 0.6 is 0 Å². The molecule has 4 aliphatic rings. The van der Waals surface area contributed by atoms with Crippen molar-refractivity contribution in [3.05, 3.63) is 0 Å². The highest BCUT2D eigenvalue weighted by Crippen LogP contribution is 2.69. The molecule has 4 rings (SSSR count). The summed E-state index contributed by atoms with van der Waals surface area (Å²) >= 11 is 0. The normalized spacial score (nSPS) is 42.3. The molecule has 0 heterocycles. The molecule has 0 amide bonds. The maximum atomic E-state index is 12.1. The van der Waals surface area contributed by atoms with E-state index in [1.807, 2.05) is 6.92 Å². The Morgan fingerprint density at radius 1 is 0.756 bits per heavy atom. The molecule has 0 spiro atoms. The standard InChI is InChI=1S/C29H52O13S3/c1-16(8-9-17(2)27(3,4)5)20-13-22(30)26-18-12-23(40-43(31,32)33)21-14-24(41-44(34,35)36)25(42-45(37,38)39)15-29(21,7)19(18)10-11-28(20,26)6/h16-26,30H,8-15H2,1-7H3,(H,31,32,33)(H,34,35,36)(H,37,38,39)/t16-,17?,18-,19+,20-,21-,22+,23+,24+,25+,26-,28-,29-/m1/s1. The molecule has 0 saturated heterocycles. The molecule has 4 fully saturated rings. The Morgan fingerprint density at radius 3 is 1.82 bits per heavy atom. The molecule has 0 aromatic carbocycles. The number of aliphatic hydroxyl groups is 1. The second-order valence-corrected chi connectivity index (χ2v) is 19.2. The Kier molecular flexibility index (Phi) is 10.4. The van der Waals surface area contributed by atoms with Gasteiger partial charge in [-0.1, -0.05) is 54.9 Å². The van der Waals surface area contributed by atoms with Crippen molar-refractivity contribution in [1.82, 2.24) is 0 Å². The average Bonchev–Trinajstić information content (AvgIpc) is 3.10. The van der Waals surface area contributed by atoms with Crippen LogP contribution in [0.1, 0.15) is 99.8 Å². The minimum Gasteiger partial charge on any atom is -0.393 e. The minimum absolute atomic E-state index is 0.145. The predicted molar refractivity (Wildman–Crippen MR) is 164 cm³/mol. The van der Waals surface area contributed by atoms with Gasteiger partial charge >= 0.3 is 31.2 Å². The first kappa shape index (κ1) is 37.4. The highest BCUT2D eigenvalue weighted by Gasteiger charge is 2.66. The summed E-state index contributed by atoms with van der Waals surface area (Å²) in [4.78, 5) is 0. The van der Waals surface area contributed by atoms with Gasteiger partial charge in [0.25, 0.3) is 0 Å².